The maximum Gasteiger partial charge on any atom is 0.328 e. The lowest BCUT2D eigenvalue weighted by atomic mass is 10.1. The van der Waals surface area contributed by atoms with Gasteiger partial charge in [0.25, 0.3) is 11.8 Å². The second-order valence-corrected chi connectivity index (χ2v) is 20.4. The van der Waals surface area contributed by atoms with Crippen LogP contribution in [0.3, 0.4) is 0 Å². The van der Waals surface area contributed by atoms with Gasteiger partial charge in [-0.3, -0.25) is 49.6 Å². The molecule has 6 N–H and O–H groups in total. The standard InChI is InChI=1S/C20H23N5O3.C12H16N2O3.C7H7ClN4.C6H3Cl2N3.C5HCl3N2O.C4H4N2O3/c1-21-19-15-11-22-12-16(15)23-18(24-19)10-13-3-4-14(9-17(13)27-2)20(26)25-5-7-28-8-6-25;1-16-11-8-9(2-3-10(11)13)12(15)14-4-6-17-7-5-14;1-9-6-4-2-10-3-5(4)11-7(8)12-6;7-5-3-1-9-2-4(3)10-6(8)11-5;6-3-2(1-11)4(7)10-5(8)9-3;7-2-1-3(8)6-4(9)5-2/h3-4,9,11H,5-8,10,12H2,1-2H3,(H,21,23,24);2-3,8H,4-7,13H2,1H3;2H,3H2,1H3,(H,9,11,12);1H,2H2;1H;1H2,(H2,5,6,7,8,9). The first-order valence-corrected chi connectivity index (χ1v) is 28.4. The van der Waals surface area contributed by atoms with Crippen molar-refractivity contribution in [3.8, 4) is 11.5 Å². The van der Waals surface area contributed by atoms with E-state index >= 15 is 0 Å². The molecule has 0 bridgehead atoms. The molecule has 0 spiro atoms. The molecule has 6 aromatic rings. The maximum atomic E-state index is 12.7. The average molecular weight is 1330 g/mol. The number of aldehydes is 1. The number of nitrogen functional groups attached to an aromatic ring is 1. The Bertz CT molecular complexity index is 3600. The Kier molecular flexibility index (Phi) is 24.9. The maximum absolute atomic E-state index is 12.7. The Morgan fingerprint density at radius 1 is 0.602 bits per heavy atom. The number of nitrogens with two attached hydrogens (primary N) is 1. The van der Waals surface area contributed by atoms with Gasteiger partial charge in [-0.2, -0.15) is 0 Å². The second kappa shape index (κ2) is 32.6. The van der Waals surface area contributed by atoms with E-state index in [4.69, 9.17) is 94.3 Å². The number of fused-ring (bicyclic) bond motifs is 3. The Balaban J connectivity index is 0.000000159. The number of imide groups is 2. The molecule has 6 aliphatic heterocycles. The summed E-state index contributed by atoms with van der Waals surface area (Å²) in [5, 5.41) is 10.5. The summed E-state index contributed by atoms with van der Waals surface area (Å²) in [5.41, 5.74) is 13.7. The fraction of sp³-hybridized carbons (Fsp3) is 0.315. The molecule has 34 heteroatoms. The molecule has 0 saturated carbocycles. The SMILES string of the molecule is CNc1nc(Cc2ccc(C(=O)N3CCOCC3)cc2OC)nc2c1C=NC2.CNc1nc(Cl)nc2c1C=NC2.COc1cc(C(=O)N2CCOCC2)ccc1N.Clc1nc(Cl)c2c(n1)CN=C2.O=C1CC(=O)NC(=O)N1.O=Cc1c(Cl)nc(Cl)nc1Cl. The highest BCUT2D eigenvalue weighted by Gasteiger charge is 2.24. The number of anilines is 3. The van der Waals surface area contributed by atoms with E-state index < -0.39 is 17.8 Å². The minimum absolute atomic E-state index is 0.00320. The van der Waals surface area contributed by atoms with Crippen LogP contribution in [-0.2, 0) is 45.1 Å². The summed E-state index contributed by atoms with van der Waals surface area (Å²) in [6.07, 6.45) is 5.95. The molecule has 6 aliphatic rings. The summed E-state index contributed by atoms with van der Waals surface area (Å²) < 4.78 is 21.2. The molecule has 0 unspecified atom stereocenters. The van der Waals surface area contributed by atoms with Crippen molar-refractivity contribution in [3.63, 3.8) is 0 Å². The van der Waals surface area contributed by atoms with Crippen LogP contribution in [-0.4, -0.2) is 185 Å². The minimum atomic E-state index is -0.740. The van der Waals surface area contributed by atoms with Gasteiger partial charge in [0.2, 0.25) is 27.7 Å². The van der Waals surface area contributed by atoms with Crippen LogP contribution in [0, 0.1) is 0 Å². The number of carbonyl (C=O) groups is 6. The van der Waals surface area contributed by atoms with Crippen molar-refractivity contribution in [3.05, 3.63) is 130 Å². The van der Waals surface area contributed by atoms with Gasteiger partial charge in [-0.05, 0) is 65.1 Å². The number of ether oxygens (including phenoxy) is 4. The largest absolute Gasteiger partial charge is 0.496 e. The molecule has 462 valence electrons. The molecular formula is C54H54Cl6N18O10. The van der Waals surface area contributed by atoms with E-state index in [0.29, 0.717) is 124 Å². The van der Waals surface area contributed by atoms with Crippen molar-refractivity contribution >= 4 is 142 Å². The predicted molar refractivity (Wildman–Crippen MR) is 330 cm³/mol. The lowest BCUT2D eigenvalue weighted by Gasteiger charge is -2.27. The zero-order valence-electron chi connectivity index (χ0n) is 47.2. The molecule has 2 aromatic carbocycles. The molecule has 28 nitrogen and oxygen atoms in total. The number of rotatable bonds is 9. The van der Waals surface area contributed by atoms with Gasteiger partial charge >= 0.3 is 6.03 Å². The van der Waals surface area contributed by atoms with E-state index in [2.05, 4.69) is 65.5 Å². The number of carbonyl (C=O) groups excluding carboxylic acids is 6. The zero-order valence-corrected chi connectivity index (χ0v) is 51.7. The van der Waals surface area contributed by atoms with Crippen LogP contribution in [0.2, 0.25) is 31.3 Å². The molecule has 0 atom stereocenters. The van der Waals surface area contributed by atoms with E-state index in [0.717, 1.165) is 51.0 Å². The van der Waals surface area contributed by atoms with E-state index in [9.17, 15) is 28.8 Å². The minimum Gasteiger partial charge on any atom is -0.496 e. The van der Waals surface area contributed by atoms with E-state index in [1.165, 1.54) is 7.11 Å². The van der Waals surface area contributed by atoms with Gasteiger partial charge in [-0.25, -0.2) is 44.7 Å². The first-order chi connectivity index (χ1) is 42.3. The van der Waals surface area contributed by atoms with Crippen molar-refractivity contribution in [2.75, 3.05) is 97.3 Å². The second-order valence-electron chi connectivity index (χ2n) is 18.3. The van der Waals surface area contributed by atoms with E-state index in [1.807, 2.05) is 29.8 Å². The average Bonchev–Trinajstić information content (AvgIpc) is 4.12. The molecular weight excluding hydrogens is 1270 g/mol. The van der Waals surface area contributed by atoms with Crippen LogP contribution in [0.4, 0.5) is 22.1 Å². The summed E-state index contributed by atoms with van der Waals surface area (Å²) in [6, 6.07) is 9.89. The van der Waals surface area contributed by atoms with Crippen LogP contribution in [0.25, 0.3) is 0 Å². The van der Waals surface area contributed by atoms with Gasteiger partial charge in [-0.15, -0.1) is 0 Å². The summed E-state index contributed by atoms with van der Waals surface area (Å²) in [4.78, 5) is 114. The number of aromatic nitrogens is 8. The van der Waals surface area contributed by atoms with Crippen LogP contribution < -0.4 is 36.5 Å². The van der Waals surface area contributed by atoms with Crippen LogP contribution in [0.1, 0.15) is 82.7 Å². The van der Waals surface area contributed by atoms with Crippen molar-refractivity contribution in [1.82, 2.24) is 60.3 Å². The number of benzene rings is 2. The lowest BCUT2D eigenvalue weighted by molar-refractivity contribution is -0.129. The highest BCUT2D eigenvalue weighted by molar-refractivity contribution is 6.38. The Morgan fingerprint density at radius 3 is 1.55 bits per heavy atom. The fourth-order valence-corrected chi connectivity index (χ4v) is 9.73. The summed E-state index contributed by atoms with van der Waals surface area (Å²) in [7, 11) is 6.78. The third-order valence-corrected chi connectivity index (χ3v) is 14.0. The summed E-state index contributed by atoms with van der Waals surface area (Å²) >= 11 is 33.3. The number of morpholine rings is 2. The number of urea groups is 1. The van der Waals surface area contributed by atoms with Crippen LogP contribution in [0.5, 0.6) is 11.5 Å². The van der Waals surface area contributed by atoms with Gasteiger partial charge in [0.15, 0.2) is 6.29 Å². The fourth-order valence-electron chi connectivity index (χ4n) is 8.35. The van der Waals surface area contributed by atoms with E-state index in [-0.39, 0.29) is 50.0 Å². The van der Waals surface area contributed by atoms with Crippen LogP contribution >= 0.6 is 69.6 Å². The van der Waals surface area contributed by atoms with Crippen molar-refractivity contribution < 1.29 is 47.7 Å². The molecule has 6 amide bonds. The molecule has 88 heavy (non-hydrogen) atoms. The number of methoxy groups -OCH3 is 2. The number of halogens is 6. The third-order valence-electron chi connectivity index (χ3n) is 12.6. The van der Waals surface area contributed by atoms with Gasteiger partial charge in [0, 0.05) is 82.0 Å². The molecule has 0 aliphatic carbocycles. The molecule has 0 radical (unpaired) electrons. The van der Waals surface area contributed by atoms with Crippen molar-refractivity contribution in [2.45, 2.75) is 32.5 Å². The van der Waals surface area contributed by atoms with Crippen molar-refractivity contribution in [2.24, 2.45) is 15.0 Å². The van der Waals surface area contributed by atoms with Gasteiger partial charge in [0.1, 0.15) is 50.8 Å². The topological polar surface area (TPSA) is 360 Å². The Morgan fingerprint density at radius 2 is 1.05 bits per heavy atom. The number of hydrogen-bond donors (Lipinski definition) is 5. The molecule has 3 saturated heterocycles. The number of hydrogen-bond acceptors (Lipinski definition) is 24. The molecule has 12 rings (SSSR count). The predicted octanol–water partition coefficient (Wildman–Crippen LogP) is 6.08. The van der Waals surface area contributed by atoms with Crippen molar-refractivity contribution in [1.29, 1.82) is 0 Å². The quantitative estimate of drug-likeness (QED) is 0.0360. The highest BCUT2D eigenvalue weighted by Crippen LogP contribution is 2.28. The number of nitrogens with one attached hydrogen (secondary N) is 4. The normalized spacial score (nSPS) is 14.6. The van der Waals surface area contributed by atoms with Gasteiger partial charge in [-0.1, -0.05) is 40.9 Å². The number of barbiturate groups is 1. The molecule has 4 aromatic heterocycles. The molecule has 10 heterocycles. The number of aliphatic imine (C=N–C) groups is 3. The Hall–Kier alpha value is -8.35. The number of nitrogens with zero attached hydrogens (tertiary/aromatic N) is 13. The zero-order chi connectivity index (χ0) is 63.4. The third kappa shape index (κ3) is 18.4. The monoisotopic (exact) mass is 1320 g/mol. The Labute approximate surface area is 532 Å². The highest BCUT2D eigenvalue weighted by atomic mass is 35.5. The first kappa shape index (κ1) is 67.2. The summed E-state index contributed by atoms with van der Waals surface area (Å²) in [5.74, 6) is 2.29. The number of amides is 6. The smallest absolute Gasteiger partial charge is 0.328 e. The van der Waals surface area contributed by atoms with E-state index in [1.54, 1.807) is 66.9 Å². The van der Waals surface area contributed by atoms with Gasteiger partial charge in [0.05, 0.1) is 105 Å². The summed E-state index contributed by atoms with van der Waals surface area (Å²) in [6.45, 7) is 6.56. The molecule has 3 fully saturated rings. The first-order valence-electron chi connectivity index (χ1n) is 26.2. The van der Waals surface area contributed by atoms with Gasteiger partial charge < -0.3 is 45.1 Å². The van der Waals surface area contributed by atoms with Crippen LogP contribution in [0.15, 0.2) is 51.4 Å². The lowest BCUT2D eigenvalue weighted by Crippen LogP contribution is -2.49.